The molecule has 3 rings (SSSR count). The Hall–Kier alpha value is -2.38. The minimum Gasteiger partial charge on any atom is -0.264 e. The standard InChI is InChI=1S/C14H12N4/c1-10-8-13(17-14-6-7-16-18(10)14)12-4-2-11(9-15)3-5-12/h2-6,8,16H,7H2,1H3. The number of benzene rings is 1. The average molecular weight is 236 g/mol. The highest BCUT2D eigenvalue weighted by molar-refractivity contribution is 6.10. The van der Waals surface area contributed by atoms with E-state index in [0.29, 0.717) is 5.56 Å². The highest BCUT2D eigenvalue weighted by Crippen LogP contribution is 2.22. The first-order valence-corrected chi connectivity index (χ1v) is 5.79. The normalized spacial score (nSPS) is 17.6. The van der Waals surface area contributed by atoms with Crippen molar-refractivity contribution >= 4 is 5.71 Å². The van der Waals surface area contributed by atoms with Crippen LogP contribution in [0.1, 0.15) is 18.1 Å². The van der Waals surface area contributed by atoms with Crippen LogP contribution in [-0.4, -0.2) is 17.3 Å². The van der Waals surface area contributed by atoms with E-state index < -0.39 is 0 Å². The molecule has 0 spiro atoms. The van der Waals surface area contributed by atoms with Crippen LogP contribution in [0, 0.1) is 11.3 Å². The largest absolute Gasteiger partial charge is 0.264 e. The molecule has 88 valence electrons. The zero-order valence-corrected chi connectivity index (χ0v) is 10.0. The first kappa shape index (κ1) is 10.8. The Morgan fingerprint density at radius 3 is 2.83 bits per heavy atom. The molecule has 0 bridgehead atoms. The Labute approximate surface area is 106 Å². The van der Waals surface area contributed by atoms with Gasteiger partial charge in [-0.15, -0.1) is 0 Å². The first-order valence-electron chi connectivity index (χ1n) is 5.79. The molecule has 4 heteroatoms. The maximum atomic E-state index is 8.79. The van der Waals surface area contributed by atoms with E-state index in [0.717, 1.165) is 29.3 Å². The molecule has 2 aliphatic heterocycles. The molecule has 0 radical (unpaired) electrons. The summed E-state index contributed by atoms with van der Waals surface area (Å²) in [4.78, 5) is 4.60. The third-order valence-electron chi connectivity index (χ3n) is 3.01. The molecule has 0 saturated carbocycles. The Bertz CT molecular complexity index is 614. The van der Waals surface area contributed by atoms with Crippen molar-refractivity contribution in [3.8, 4) is 6.07 Å². The fraction of sp³-hybridized carbons (Fsp3) is 0.143. The molecule has 0 fully saturated rings. The van der Waals surface area contributed by atoms with Crippen LogP contribution in [0.3, 0.4) is 0 Å². The predicted octanol–water partition coefficient (Wildman–Crippen LogP) is 1.93. The van der Waals surface area contributed by atoms with E-state index in [4.69, 9.17) is 5.26 Å². The molecule has 0 aliphatic carbocycles. The Kier molecular flexibility index (Phi) is 2.47. The monoisotopic (exact) mass is 236 g/mol. The van der Waals surface area contributed by atoms with Gasteiger partial charge in [0.2, 0.25) is 0 Å². The van der Waals surface area contributed by atoms with Gasteiger partial charge < -0.3 is 0 Å². The molecule has 0 amide bonds. The number of fused-ring (bicyclic) bond motifs is 1. The molecule has 1 N–H and O–H groups in total. The van der Waals surface area contributed by atoms with E-state index in [1.807, 2.05) is 42.3 Å². The van der Waals surface area contributed by atoms with E-state index in [9.17, 15) is 0 Å². The lowest BCUT2D eigenvalue weighted by Gasteiger charge is -2.24. The molecule has 0 unspecified atom stereocenters. The zero-order chi connectivity index (χ0) is 12.5. The van der Waals surface area contributed by atoms with Crippen molar-refractivity contribution in [2.45, 2.75) is 6.92 Å². The van der Waals surface area contributed by atoms with Crippen LogP contribution in [0.5, 0.6) is 0 Å². The summed E-state index contributed by atoms with van der Waals surface area (Å²) >= 11 is 0. The number of nitrogens with zero attached hydrogens (tertiary/aromatic N) is 3. The van der Waals surface area contributed by atoms with E-state index in [1.165, 1.54) is 0 Å². The molecule has 1 aromatic rings. The van der Waals surface area contributed by atoms with Gasteiger partial charge in [-0.25, -0.2) is 10.4 Å². The van der Waals surface area contributed by atoms with Crippen LogP contribution in [0.25, 0.3) is 0 Å². The lowest BCUT2D eigenvalue weighted by atomic mass is 10.1. The molecule has 18 heavy (non-hydrogen) atoms. The number of aliphatic imine (C=N–C) groups is 1. The van der Waals surface area contributed by atoms with Crippen LogP contribution in [0.2, 0.25) is 0 Å². The van der Waals surface area contributed by atoms with Gasteiger partial charge in [0.1, 0.15) is 5.82 Å². The topological polar surface area (TPSA) is 51.4 Å². The summed E-state index contributed by atoms with van der Waals surface area (Å²) < 4.78 is 0. The number of rotatable bonds is 1. The molecule has 0 aromatic heterocycles. The molecular formula is C14H12N4. The van der Waals surface area contributed by atoms with Crippen molar-refractivity contribution in [3.05, 3.63) is 59.1 Å². The Morgan fingerprint density at radius 2 is 2.11 bits per heavy atom. The minimum absolute atomic E-state index is 0.666. The van der Waals surface area contributed by atoms with Gasteiger partial charge >= 0.3 is 0 Å². The summed E-state index contributed by atoms with van der Waals surface area (Å²) in [5.41, 5.74) is 6.97. The summed E-state index contributed by atoms with van der Waals surface area (Å²) in [6, 6.07) is 9.61. The van der Waals surface area contributed by atoms with Crippen molar-refractivity contribution < 1.29 is 0 Å². The van der Waals surface area contributed by atoms with Crippen molar-refractivity contribution in [2.24, 2.45) is 4.99 Å². The Morgan fingerprint density at radius 1 is 1.33 bits per heavy atom. The van der Waals surface area contributed by atoms with E-state index in [1.54, 1.807) is 0 Å². The summed E-state index contributed by atoms with van der Waals surface area (Å²) in [5, 5.41) is 10.8. The molecule has 4 nitrogen and oxygen atoms in total. The lowest BCUT2D eigenvalue weighted by molar-refractivity contribution is 0.350. The lowest BCUT2D eigenvalue weighted by Crippen LogP contribution is -2.32. The van der Waals surface area contributed by atoms with E-state index in [-0.39, 0.29) is 0 Å². The maximum absolute atomic E-state index is 8.79. The van der Waals surface area contributed by atoms with Crippen molar-refractivity contribution in [2.75, 3.05) is 6.54 Å². The second kappa shape index (κ2) is 4.13. The van der Waals surface area contributed by atoms with Crippen LogP contribution in [-0.2, 0) is 0 Å². The second-order valence-corrected chi connectivity index (χ2v) is 4.23. The first-order chi connectivity index (χ1) is 8.78. The third kappa shape index (κ3) is 1.71. The Balaban J connectivity index is 1.99. The fourth-order valence-electron chi connectivity index (χ4n) is 2.08. The summed E-state index contributed by atoms with van der Waals surface area (Å²) in [5.74, 6) is 0.939. The number of hydrogen-bond donors (Lipinski definition) is 1. The average Bonchev–Trinajstić information content (AvgIpc) is 2.88. The van der Waals surface area contributed by atoms with Crippen LogP contribution in [0.15, 0.2) is 52.9 Å². The van der Waals surface area contributed by atoms with Gasteiger partial charge in [0.25, 0.3) is 0 Å². The van der Waals surface area contributed by atoms with Gasteiger partial charge in [-0.1, -0.05) is 12.1 Å². The molecule has 2 heterocycles. The number of hydrogen-bond acceptors (Lipinski definition) is 4. The van der Waals surface area contributed by atoms with Gasteiger partial charge in [-0.2, -0.15) is 5.26 Å². The molecule has 1 aromatic carbocycles. The van der Waals surface area contributed by atoms with E-state index >= 15 is 0 Å². The predicted molar refractivity (Wildman–Crippen MR) is 69.4 cm³/mol. The van der Waals surface area contributed by atoms with Gasteiger partial charge in [-0.05, 0) is 31.2 Å². The number of hydrazine groups is 1. The van der Waals surface area contributed by atoms with Crippen molar-refractivity contribution in [1.29, 1.82) is 5.26 Å². The van der Waals surface area contributed by atoms with Gasteiger partial charge in [0, 0.05) is 17.8 Å². The van der Waals surface area contributed by atoms with Crippen LogP contribution in [0.4, 0.5) is 0 Å². The SMILES string of the molecule is CC1=CC(c2ccc(C#N)cc2)=NC2=CCNN12. The summed E-state index contributed by atoms with van der Waals surface area (Å²) in [7, 11) is 0. The molecule has 0 saturated heterocycles. The van der Waals surface area contributed by atoms with Crippen molar-refractivity contribution in [3.63, 3.8) is 0 Å². The molecule has 2 aliphatic rings. The molecular weight excluding hydrogens is 224 g/mol. The van der Waals surface area contributed by atoms with Gasteiger partial charge in [-0.3, -0.25) is 5.01 Å². The zero-order valence-electron chi connectivity index (χ0n) is 10.0. The fourth-order valence-corrected chi connectivity index (χ4v) is 2.08. The summed E-state index contributed by atoms with van der Waals surface area (Å²) in [6.07, 6.45) is 4.09. The smallest absolute Gasteiger partial charge is 0.145 e. The second-order valence-electron chi connectivity index (χ2n) is 4.23. The number of nitrogens with one attached hydrogen (secondary N) is 1. The van der Waals surface area contributed by atoms with Crippen molar-refractivity contribution in [1.82, 2.24) is 10.4 Å². The van der Waals surface area contributed by atoms with Crippen LogP contribution >= 0.6 is 0 Å². The highest BCUT2D eigenvalue weighted by Gasteiger charge is 2.20. The third-order valence-corrected chi connectivity index (χ3v) is 3.01. The molecule has 0 atom stereocenters. The highest BCUT2D eigenvalue weighted by atomic mass is 15.6. The summed E-state index contributed by atoms with van der Waals surface area (Å²) in [6.45, 7) is 2.86. The number of allylic oxidation sites excluding steroid dienone is 2. The van der Waals surface area contributed by atoms with Gasteiger partial charge in [0.05, 0.1) is 17.3 Å². The quantitative estimate of drug-likeness (QED) is 0.810. The van der Waals surface area contributed by atoms with E-state index in [2.05, 4.69) is 22.6 Å². The van der Waals surface area contributed by atoms with Gasteiger partial charge in [0.15, 0.2) is 0 Å². The van der Waals surface area contributed by atoms with Crippen LogP contribution < -0.4 is 5.43 Å². The number of nitriles is 1. The minimum atomic E-state index is 0.666. The maximum Gasteiger partial charge on any atom is 0.145 e.